The zero-order valence-corrected chi connectivity index (χ0v) is 18.4. The molecule has 0 spiro atoms. The molecule has 9 heteroatoms. The van der Waals surface area contributed by atoms with Crippen molar-refractivity contribution in [1.82, 2.24) is 14.1 Å². The third-order valence-electron chi connectivity index (χ3n) is 5.62. The molecule has 2 aromatic carbocycles. The molecule has 0 atom stereocenters. The summed E-state index contributed by atoms with van der Waals surface area (Å²) in [6.45, 7) is 0.607. The van der Waals surface area contributed by atoms with Gasteiger partial charge in [-0.05, 0) is 43.2 Å². The number of anilines is 2. The van der Waals surface area contributed by atoms with Crippen molar-refractivity contribution in [3.05, 3.63) is 71.9 Å². The maximum absolute atomic E-state index is 13.0. The van der Waals surface area contributed by atoms with Crippen LogP contribution in [0.2, 0.25) is 5.02 Å². The highest BCUT2D eigenvalue weighted by atomic mass is 35.5. The molecule has 1 aromatic heterocycles. The van der Waals surface area contributed by atoms with E-state index < -0.39 is 15.6 Å². The molecule has 1 aliphatic rings. The SMILES string of the molecule is N#CCC1(n2ccc(Nc3ccccc3)n2)CCN(S(=O)(=O)c2cccc(Cl)c2)CC1. The third kappa shape index (κ3) is 4.44. The van der Waals surface area contributed by atoms with Gasteiger partial charge in [-0.2, -0.15) is 14.7 Å². The van der Waals surface area contributed by atoms with Crippen molar-refractivity contribution in [2.24, 2.45) is 0 Å². The van der Waals surface area contributed by atoms with Crippen molar-refractivity contribution in [1.29, 1.82) is 5.26 Å². The monoisotopic (exact) mass is 455 g/mol. The molecule has 160 valence electrons. The molecule has 1 fully saturated rings. The number of halogens is 1. The Morgan fingerprint density at radius 3 is 2.52 bits per heavy atom. The first-order valence-electron chi connectivity index (χ1n) is 9.94. The van der Waals surface area contributed by atoms with Crippen molar-refractivity contribution in [3.8, 4) is 6.07 Å². The van der Waals surface area contributed by atoms with Crippen LogP contribution in [0.25, 0.3) is 0 Å². The number of rotatable bonds is 6. The van der Waals surface area contributed by atoms with Gasteiger partial charge in [0.1, 0.15) is 0 Å². The summed E-state index contributed by atoms with van der Waals surface area (Å²) in [7, 11) is -3.64. The van der Waals surface area contributed by atoms with Crippen LogP contribution in [0.5, 0.6) is 0 Å². The van der Waals surface area contributed by atoms with Gasteiger partial charge >= 0.3 is 0 Å². The average molecular weight is 456 g/mol. The fourth-order valence-corrected chi connectivity index (χ4v) is 5.62. The van der Waals surface area contributed by atoms with Crippen LogP contribution >= 0.6 is 11.6 Å². The zero-order valence-electron chi connectivity index (χ0n) is 16.8. The van der Waals surface area contributed by atoms with Crippen molar-refractivity contribution in [2.75, 3.05) is 18.4 Å². The molecular formula is C22H22ClN5O2S. The Morgan fingerprint density at radius 1 is 1.10 bits per heavy atom. The zero-order chi connectivity index (χ0) is 21.9. The second kappa shape index (κ2) is 8.71. The lowest BCUT2D eigenvalue weighted by atomic mass is 9.86. The smallest absolute Gasteiger partial charge is 0.243 e. The Balaban J connectivity index is 1.53. The van der Waals surface area contributed by atoms with Crippen molar-refractivity contribution < 1.29 is 8.42 Å². The van der Waals surface area contributed by atoms with Crippen LogP contribution in [0, 0.1) is 11.3 Å². The fourth-order valence-electron chi connectivity index (χ4n) is 3.88. The van der Waals surface area contributed by atoms with E-state index in [1.54, 1.807) is 18.2 Å². The summed E-state index contributed by atoms with van der Waals surface area (Å²) in [6.07, 6.45) is 3.09. The largest absolute Gasteiger partial charge is 0.339 e. The molecule has 1 saturated heterocycles. The molecule has 0 aliphatic carbocycles. The lowest BCUT2D eigenvalue weighted by Gasteiger charge is -2.40. The Bertz CT molecular complexity index is 1200. The van der Waals surface area contributed by atoms with Gasteiger partial charge in [0.25, 0.3) is 0 Å². The summed E-state index contributed by atoms with van der Waals surface area (Å²) in [5, 5.41) is 17.7. The highest BCUT2D eigenvalue weighted by Crippen LogP contribution is 2.35. The van der Waals surface area contributed by atoms with E-state index in [0.29, 0.717) is 36.8 Å². The average Bonchev–Trinajstić information content (AvgIpc) is 3.24. The van der Waals surface area contributed by atoms with Crippen LogP contribution in [0.1, 0.15) is 19.3 Å². The Hall–Kier alpha value is -2.86. The molecule has 0 unspecified atom stereocenters. The molecule has 4 rings (SSSR count). The number of aromatic nitrogens is 2. The van der Waals surface area contributed by atoms with Gasteiger partial charge in [0.2, 0.25) is 10.0 Å². The second-order valence-corrected chi connectivity index (χ2v) is 9.93. The molecule has 0 radical (unpaired) electrons. The van der Waals surface area contributed by atoms with Crippen molar-refractivity contribution in [3.63, 3.8) is 0 Å². The summed E-state index contributed by atoms with van der Waals surface area (Å²) < 4.78 is 29.3. The number of piperidine rings is 1. The first-order chi connectivity index (χ1) is 14.9. The Labute approximate surface area is 186 Å². The summed E-state index contributed by atoms with van der Waals surface area (Å²) in [6, 6.07) is 20.1. The van der Waals surface area contributed by atoms with E-state index in [-0.39, 0.29) is 11.3 Å². The summed E-state index contributed by atoms with van der Waals surface area (Å²) >= 11 is 5.98. The predicted molar refractivity (Wildman–Crippen MR) is 120 cm³/mol. The number of nitrogens with zero attached hydrogens (tertiary/aromatic N) is 4. The van der Waals surface area contributed by atoms with Gasteiger partial charge in [-0.25, -0.2) is 8.42 Å². The third-order valence-corrected chi connectivity index (χ3v) is 7.75. The minimum Gasteiger partial charge on any atom is -0.339 e. The van der Waals surface area contributed by atoms with E-state index >= 15 is 0 Å². The molecule has 2 heterocycles. The minimum absolute atomic E-state index is 0.182. The number of nitrogens with one attached hydrogen (secondary N) is 1. The van der Waals surface area contributed by atoms with E-state index in [9.17, 15) is 13.7 Å². The standard InChI is InChI=1S/C22H22ClN5O2S/c23-18-5-4-8-20(17-18)31(29,30)27-15-11-22(10-13-24,12-16-27)28-14-9-21(26-28)25-19-6-2-1-3-7-19/h1-9,14,17H,10-12,15-16H2,(H,25,26). The minimum atomic E-state index is -3.64. The molecule has 3 aromatic rings. The van der Waals surface area contributed by atoms with E-state index in [0.717, 1.165) is 5.69 Å². The lowest BCUT2D eigenvalue weighted by Crippen LogP contribution is -2.48. The number of nitriles is 1. The summed E-state index contributed by atoms with van der Waals surface area (Å²) in [4.78, 5) is 0.182. The van der Waals surface area contributed by atoms with Gasteiger partial charge in [0.15, 0.2) is 5.82 Å². The molecule has 1 N–H and O–H groups in total. The van der Waals surface area contributed by atoms with Gasteiger partial charge in [-0.3, -0.25) is 4.68 Å². The lowest BCUT2D eigenvalue weighted by molar-refractivity contribution is 0.148. The van der Waals surface area contributed by atoms with E-state index in [1.807, 2.05) is 47.3 Å². The Morgan fingerprint density at radius 2 is 1.84 bits per heavy atom. The molecule has 31 heavy (non-hydrogen) atoms. The van der Waals surface area contributed by atoms with Gasteiger partial charge in [0.05, 0.1) is 22.9 Å². The van der Waals surface area contributed by atoms with Crippen LogP contribution in [0.15, 0.2) is 71.8 Å². The highest BCUT2D eigenvalue weighted by molar-refractivity contribution is 7.89. The summed E-state index contributed by atoms with van der Waals surface area (Å²) in [5.74, 6) is 0.678. The first-order valence-corrected chi connectivity index (χ1v) is 11.8. The Kier molecular flexibility index (Phi) is 6.01. The van der Waals surface area contributed by atoms with Crippen LogP contribution in [0.4, 0.5) is 11.5 Å². The molecule has 0 bridgehead atoms. The van der Waals surface area contributed by atoms with Crippen molar-refractivity contribution in [2.45, 2.75) is 29.7 Å². The van der Waals surface area contributed by atoms with Gasteiger partial charge in [-0.15, -0.1) is 0 Å². The molecule has 7 nitrogen and oxygen atoms in total. The predicted octanol–water partition coefficient (Wildman–Crippen LogP) is 4.37. The van der Waals surface area contributed by atoms with E-state index in [4.69, 9.17) is 11.6 Å². The highest BCUT2D eigenvalue weighted by Gasteiger charge is 2.40. The molecule has 1 aliphatic heterocycles. The molecular weight excluding hydrogens is 434 g/mol. The number of sulfonamides is 1. The topological polar surface area (TPSA) is 91.0 Å². The van der Waals surface area contributed by atoms with Crippen LogP contribution < -0.4 is 5.32 Å². The van der Waals surface area contributed by atoms with E-state index in [2.05, 4.69) is 16.5 Å². The van der Waals surface area contributed by atoms with Gasteiger partial charge < -0.3 is 5.32 Å². The normalized spacial score (nSPS) is 16.5. The number of benzene rings is 2. The number of hydrogen-bond donors (Lipinski definition) is 1. The number of hydrogen-bond acceptors (Lipinski definition) is 5. The van der Waals surface area contributed by atoms with Crippen LogP contribution in [-0.2, 0) is 15.6 Å². The molecule has 0 saturated carbocycles. The second-order valence-electron chi connectivity index (χ2n) is 7.56. The molecule has 0 amide bonds. The maximum Gasteiger partial charge on any atom is 0.243 e. The quantitative estimate of drug-likeness (QED) is 0.595. The van der Waals surface area contributed by atoms with Crippen molar-refractivity contribution >= 4 is 33.1 Å². The van der Waals surface area contributed by atoms with Gasteiger partial charge in [-0.1, -0.05) is 35.9 Å². The maximum atomic E-state index is 13.0. The van der Waals surface area contributed by atoms with Crippen LogP contribution in [-0.4, -0.2) is 35.6 Å². The fraction of sp³-hybridized carbons (Fsp3) is 0.273. The van der Waals surface area contributed by atoms with Crippen LogP contribution in [0.3, 0.4) is 0 Å². The summed E-state index contributed by atoms with van der Waals surface area (Å²) in [5.41, 5.74) is 0.371. The first kappa shape index (κ1) is 21.4. The van der Waals surface area contributed by atoms with Gasteiger partial charge in [0, 0.05) is 36.1 Å². The van der Waals surface area contributed by atoms with E-state index in [1.165, 1.54) is 10.4 Å². The number of para-hydroxylation sites is 1.